The molecule has 1 aromatic heterocycles. The molecule has 6 nitrogen and oxygen atoms in total. The molecular weight excluding hydrogens is 268 g/mol. The van der Waals surface area contributed by atoms with E-state index in [2.05, 4.69) is 9.88 Å². The highest BCUT2D eigenvalue weighted by Gasteiger charge is 2.18. The minimum Gasteiger partial charge on any atom is -0.367 e. The van der Waals surface area contributed by atoms with Gasteiger partial charge in [0.1, 0.15) is 0 Å². The zero-order chi connectivity index (χ0) is 15.2. The van der Waals surface area contributed by atoms with Crippen LogP contribution in [0.5, 0.6) is 0 Å². The van der Waals surface area contributed by atoms with Crippen molar-refractivity contribution in [1.82, 2.24) is 14.8 Å². The molecule has 0 aromatic carbocycles. The van der Waals surface area contributed by atoms with Crippen LogP contribution in [0.2, 0.25) is 0 Å². The van der Waals surface area contributed by atoms with Gasteiger partial charge in [-0.1, -0.05) is 0 Å². The molecule has 2 rings (SSSR count). The number of pyridine rings is 1. The highest BCUT2D eigenvalue weighted by molar-refractivity contribution is 5.94. The largest absolute Gasteiger partial charge is 0.367 e. The first kappa shape index (κ1) is 15.3. The fraction of sp³-hybridized carbons (Fsp3) is 0.533. The van der Waals surface area contributed by atoms with Crippen molar-refractivity contribution in [2.75, 3.05) is 44.2 Å². The van der Waals surface area contributed by atoms with Crippen molar-refractivity contribution < 1.29 is 9.59 Å². The Kier molecular flexibility index (Phi) is 5.14. The number of hydrogen-bond acceptors (Lipinski definition) is 4. The van der Waals surface area contributed by atoms with Gasteiger partial charge in [-0.2, -0.15) is 0 Å². The van der Waals surface area contributed by atoms with Crippen molar-refractivity contribution in [3.8, 4) is 0 Å². The molecule has 0 N–H and O–H groups in total. The number of hydrogen-bond donors (Lipinski definition) is 0. The van der Waals surface area contributed by atoms with Crippen LogP contribution in [0.3, 0.4) is 0 Å². The van der Waals surface area contributed by atoms with Crippen LogP contribution >= 0.6 is 0 Å². The summed E-state index contributed by atoms with van der Waals surface area (Å²) in [5.74, 6) is 0.0147. The molecule has 2 amide bonds. The predicted molar refractivity (Wildman–Crippen MR) is 81.3 cm³/mol. The van der Waals surface area contributed by atoms with Crippen molar-refractivity contribution in [2.24, 2.45) is 0 Å². The van der Waals surface area contributed by atoms with Crippen LogP contribution < -0.4 is 4.90 Å². The summed E-state index contributed by atoms with van der Waals surface area (Å²) in [4.78, 5) is 33.0. The first-order chi connectivity index (χ1) is 10.2. The van der Waals surface area contributed by atoms with Gasteiger partial charge in [-0.05, 0) is 19.9 Å². The molecule has 6 heteroatoms. The number of nitrogens with zero attached hydrogens (tertiary/aromatic N) is 4. The fourth-order valence-corrected chi connectivity index (χ4v) is 2.50. The molecule has 114 valence electrons. The second-order valence-electron chi connectivity index (χ2n) is 5.04. The van der Waals surface area contributed by atoms with Crippen LogP contribution in [0.25, 0.3) is 0 Å². The lowest BCUT2D eigenvalue weighted by molar-refractivity contribution is -0.118. The fourth-order valence-electron chi connectivity index (χ4n) is 2.50. The third kappa shape index (κ3) is 3.51. The van der Waals surface area contributed by atoms with Gasteiger partial charge in [0.05, 0.1) is 17.4 Å². The topological polar surface area (TPSA) is 56.8 Å². The van der Waals surface area contributed by atoms with Crippen LogP contribution in [-0.4, -0.2) is 66.4 Å². The first-order valence-corrected chi connectivity index (χ1v) is 7.38. The van der Waals surface area contributed by atoms with E-state index < -0.39 is 0 Å². The Hall–Kier alpha value is -2.11. The minimum atomic E-state index is 0.0147. The van der Waals surface area contributed by atoms with Crippen molar-refractivity contribution in [3.63, 3.8) is 0 Å². The predicted octanol–water partition coefficient (Wildman–Crippen LogP) is 0.842. The number of rotatable bonds is 5. The number of anilines is 1. The molecule has 1 fully saturated rings. The normalized spacial score (nSPS) is 15.0. The third-order valence-electron chi connectivity index (χ3n) is 3.85. The van der Waals surface area contributed by atoms with Crippen molar-refractivity contribution in [2.45, 2.75) is 13.8 Å². The van der Waals surface area contributed by atoms with Gasteiger partial charge < -0.3 is 14.7 Å². The van der Waals surface area contributed by atoms with Gasteiger partial charge in [0.2, 0.25) is 6.41 Å². The SMILES string of the molecule is CCN(CC)C(=O)c1cncc(N2CCN(C=O)CC2)c1. The summed E-state index contributed by atoms with van der Waals surface area (Å²) >= 11 is 0. The van der Waals surface area contributed by atoms with E-state index >= 15 is 0 Å². The summed E-state index contributed by atoms with van der Waals surface area (Å²) in [7, 11) is 0. The van der Waals surface area contributed by atoms with E-state index in [1.54, 1.807) is 22.2 Å². The van der Waals surface area contributed by atoms with E-state index in [4.69, 9.17) is 0 Å². The monoisotopic (exact) mass is 290 g/mol. The van der Waals surface area contributed by atoms with Gasteiger partial charge in [0.15, 0.2) is 0 Å². The summed E-state index contributed by atoms with van der Waals surface area (Å²) < 4.78 is 0. The quantitative estimate of drug-likeness (QED) is 0.754. The van der Waals surface area contributed by atoms with E-state index in [1.165, 1.54) is 0 Å². The summed E-state index contributed by atoms with van der Waals surface area (Å²) in [6.45, 7) is 8.27. The molecule has 2 heterocycles. The standard InChI is InChI=1S/C15H22N4O2/c1-3-18(4-2)15(21)13-9-14(11-16-10-13)19-7-5-17(12-20)6-8-19/h9-12H,3-8H2,1-2H3. The Balaban J connectivity index is 2.11. The molecule has 21 heavy (non-hydrogen) atoms. The van der Waals surface area contributed by atoms with Gasteiger partial charge >= 0.3 is 0 Å². The molecule has 1 saturated heterocycles. The molecule has 0 unspecified atom stereocenters. The van der Waals surface area contributed by atoms with Crippen LogP contribution in [-0.2, 0) is 4.79 Å². The number of carbonyl (C=O) groups is 2. The Morgan fingerprint density at radius 2 is 1.90 bits per heavy atom. The molecular formula is C15H22N4O2. The molecule has 1 aliphatic heterocycles. The molecule has 0 aliphatic carbocycles. The number of aromatic nitrogens is 1. The van der Waals surface area contributed by atoms with Gasteiger partial charge in [0, 0.05) is 45.5 Å². The van der Waals surface area contributed by atoms with Gasteiger partial charge in [-0.15, -0.1) is 0 Å². The Morgan fingerprint density at radius 1 is 1.24 bits per heavy atom. The maximum Gasteiger partial charge on any atom is 0.255 e. The van der Waals surface area contributed by atoms with E-state index in [9.17, 15) is 9.59 Å². The van der Waals surface area contributed by atoms with Gasteiger partial charge in [-0.25, -0.2) is 0 Å². The van der Waals surface area contributed by atoms with Gasteiger partial charge in [0.25, 0.3) is 5.91 Å². The summed E-state index contributed by atoms with van der Waals surface area (Å²) in [5.41, 5.74) is 1.56. The third-order valence-corrected chi connectivity index (χ3v) is 3.85. The lowest BCUT2D eigenvalue weighted by Gasteiger charge is -2.34. The highest BCUT2D eigenvalue weighted by atomic mass is 16.2. The highest BCUT2D eigenvalue weighted by Crippen LogP contribution is 2.17. The zero-order valence-corrected chi connectivity index (χ0v) is 12.7. The molecule has 0 atom stereocenters. The van der Waals surface area contributed by atoms with Crippen molar-refractivity contribution >= 4 is 18.0 Å². The molecule has 0 radical (unpaired) electrons. The molecule has 0 spiro atoms. The van der Waals surface area contributed by atoms with E-state index in [1.807, 2.05) is 19.9 Å². The second-order valence-corrected chi connectivity index (χ2v) is 5.04. The summed E-state index contributed by atoms with van der Waals surface area (Å²) in [5, 5.41) is 0. The minimum absolute atomic E-state index is 0.0147. The Bertz CT molecular complexity index is 494. The molecule has 1 aromatic rings. The Morgan fingerprint density at radius 3 is 2.48 bits per heavy atom. The average Bonchev–Trinajstić information content (AvgIpc) is 2.56. The molecule has 0 saturated carbocycles. The Labute approximate surface area is 125 Å². The van der Waals surface area contributed by atoms with E-state index in [0.29, 0.717) is 31.7 Å². The summed E-state index contributed by atoms with van der Waals surface area (Å²) in [6.07, 6.45) is 4.28. The maximum atomic E-state index is 12.4. The maximum absolute atomic E-state index is 12.4. The van der Waals surface area contributed by atoms with Crippen LogP contribution in [0.4, 0.5) is 5.69 Å². The van der Waals surface area contributed by atoms with Crippen molar-refractivity contribution in [3.05, 3.63) is 24.0 Å². The number of piperazine rings is 1. The van der Waals surface area contributed by atoms with Crippen LogP contribution in [0.15, 0.2) is 18.5 Å². The summed E-state index contributed by atoms with van der Waals surface area (Å²) in [6, 6.07) is 1.89. The lowest BCUT2D eigenvalue weighted by Crippen LogP contribution is -2.45. The van der Waals surface area contributed by atoms with Crippen molar-refractivity contribution in [1.29, 1.82) is 0 Å². The smallest absolute Gasteiger partial charge is 0.255 e. The van der Waals surface area contributed by atoms with E-state index in [0.717, 1.165) is 25.2 Å². The number of carbonyl (C=O) groups excluding carboxylic acids is 2. The van der Waals surface area contributed by atoms with Crippen LogP contribution in [0, 0.1) is 0 Å². The lowest BCUT2D eigenvalue weighted by atomic mass is 10.2. The number of amides is 2. The van der Waals surface area contributed by atoms with Crippen LogP contribution in [0.1, 0.15) is 24.2 Å². The molecule has 1 aliphatic rings. The second kappa shape index (κ2) is 7.06. The first-order valence-electron chi connectivity index (χ1n) is 7.38. The van der Waals surface area contributed by atoms with E-state index in [-0.39, 0.29) is 5.91 Å². The van der Waals surface area contributed by atoms with Gasteiger partial charge in [-0.3, -0.25) is 14.6 Å². The molecule has 0 bridgehead atoms. The average molecular weight is 290 g/mol. The zero-order valence-electron chi connectivity index (χ0n) is 12.7.